The van der Waals surface area contributed by atoms with Crippen LogP contribution in [0.25, 0.3) is 0 Å². The maximum atomic E-state index is 12.9. The summed E-state index contributed by atoms with van der Waals surface area (Å²) in [4.78, 5) is 2.06. The highest BCUT2D eigenvalue weighted by Gasteiger charge is 2.45. The second kappa shape index (κ2) is 9.25. The highest BCUT2D eigenvalue weighted by Crippen LogP contribution is 2.49. The Balaban J connectivity index is 0.00000300. The predicted octanol–water partition coefficient (Wildman–Crippen LogP) is 6.46. The van der Waals surface area contributed by atoms with E-state index in [2.05, 4.69) is 4.90 Å². The van der Waals surface area contributed by atoms with Gasteiger partial charge in [0.25, 0.3) is 0 Å². The van der Waals surface area contributed by atoms with E-state index in [1.807, 2.05) is 38.4 Å². The van der Waals surface area contributed by atoms with Gasteiger partial charge in [-0.25, -0.2) is 0 Å². The molecule has 0 saturated heterocycles. The van der Waals surface area contributed by atoms with Gasteiger partial charge in [-0.2, -0.15) is 13.2 Å². The lowest BCUT2D eigenvalue weighted by atomic mass is 9.67. The zero-order chi connectivity index (χ0) is 20.5. The Morgan fingerprint density at radius 2 is 1.62 bits per heavy atom. The van der Waals surface area contributed by atoms with Crippen molar-refractivity contribution < 1.29 is 18.3 Å². The van der Waals surface area contributed by atoms with Crippen molar-refractivity contribution in [1.82, 2.24) is 4.90 Å². The van der Waals surface area contributed by atoms with Gasteiger partial charge in [-0.3, -0.25) is 0 Å². The molecular weight excluding hydrogens is 422 g/mol. The summed E-state index contributed by atoms with van der Waals surface area (Å²) in [5.74, 6) is -0.144. The number of hydrogen-bond donors (Lipinski definition) is 1. The van der Waals surface area contributed by atoms with Crippen LogP contribution in [-0.2, 0) is 11.8 Å². The fraction of sp³-hybridized carbons (Fsp3) is 0.455. The van der Waals surface area contributed by atoms with Crippen molar-refractivity contribution in [3.8, 4) is 0 Å². The summed E-state index contributed by atoms with van der Waals surface area (Å²) in [5.41, 5.74) is -0.302. The van der Waals surface area contributed by atoms with E-state index in [1.165, 1.54) is 12.1 Å². The van der Waals surface area contributed by atoms with E-state index >= 15 is 0 Å². The Morgan fingerprint density at radius 3 is 2.14 bits per heavy atom. The van der Waals surface area contributed by atoms with Gasteiger partial charge in [0, 0.05) is 17.0 Å². The molecular formula is C22H26Cl2F3NO. The Hall–Kier alpha value is -1.27. The minimum absolute atomic E-state index is 0. The fourth-order valence-corrected chi connectivity index (χ4v) is 4.58. The number of alkyl halides is 3. The quantitative estimate of drug-likeness (QED) is 0.580. The first-order valence-corrected chi connectivity index (χ1v) is 9.83. The average Bonchev–Trinajstić information content (AvgIpc) is 2.64. The van der Waals surface area contributed by atoms with Crippen molar-refractivity contribution in [2.45, 2.75) is 43.5 Å². The van der Waals surface area contributed by atoms with Crippen LogP contribution in [0.4, 0.5) is 13.2 Å². The molecule has 1 N–H and O–H groups in total. The number of rotatable bonds is 4. The molecule has 2 aromatic rings. The molecule has 1 fully saturated rings. The van der Waals surface area contributed by atoms with E-state index in [0.29, 0.717) is 17.0 Å². The third-order valence-electron chi connectivity index (χ3n) is 5.80. The first kappa shape index (κ1) is 24.0. The zero-order valence-corrected chi connectivity index (χ0v) is 18.0. The molecule has 3 rings (SSSR count). The molecule has 0 aromatic heterocycles. The van der Waals surface area contributed by atoms with Gasteiger partial charge in [-0.05, 0) is 62.3 Å². The van der Waals surface area contributed by atoms with Crippen molar-refractivity contribution >= 4 is 24.0 Å². The van der Waals surface area contributed by atoms with E-state index in [4.69, 9.17) is 11.6 Å². The van der Waals surface area contributed by atoms with Crippen LogP contribution in [0.15, 0.2) is 48.5 Å². The van der Waals surface area contributed by atoms with Gasteiger partial charge in [0.2, 0.25) is 0 Å². The normalized spacial score (nSPS) is 23.5. The number of benzene rings is 2. The molecule has 2 nitrogen and oxygen atoms in total. The molecule has 3 unspecified atom stereocenters. The minimum Gasteiger partial charge on any atom is -0.385 e. The average molecular weight is 448 g/mol. The third-order valence-corrected chi connectivity index (χ3v) is 6.05. The molecule has 1 aliphatic carbocycles. The topological polar surface area (TPSA) is 23.5 Å². The van der Waals surface area contributed by atoms with Crippen LogP contribution in [-0.4, -0.2) is 24.1 Å². The standard InChI is InChI=1S/C22H25ClF3NO.ClH/c1-27(2)20(15-6-12-18(23)13-7-15)19-5-3-4-14-21(19,28)16-8-10-17(11-9-16)22(24,25)26;/h6-13,19-20,28H,3-5,14H2,1-2H3;1H. The third kappa shape index (κ3) is 5.08. The number of halogens is 5. The highest BCUT2D eigenvalue weighted by atomic mass is 35.5. The van der Waals surface area contributed by atoms with Crippen molar-refractivity contribution in [2.75, 3.05) is 14.1 Å². The number of aliphatic hydroxyl groups is 1. The maximum absolute atomic E-state index is 12.9. The molecule has 1 aliphatic rings. The van der Waals surface area contributed by atoms with Crippen LogP contribution in [0.3, 0.4) is 0 Å². The number of hydrogen-bond acceptors (Lipinski definition) is 2. The van der Waals surface area contributed by atoms with Gasteiger partial charge in [-0.15, -0.1) is 12.4 Å². The maximum Gasteiger partial charge on any atom is 0.416 e. The van der Waals surface area contributed by atoms with Gasteiger partial charge in [0.15, 0.2) is 0 Å². The second-order valence-electron chi connectivity index (χ2n) is 7.81. The molecule has 3 atom stereocenters. The SMILES string of the molecule is CN(C)C(c1ccc(Cl)cc1)C1CCCCC1(O)c1ccc(C(F)(F)F)cc1.Cl. The summed E-state index contributed by atoms with van der Waals surface area (Å²) in [6.45, 7) is 0. The van der Waals surface area contributed by atoms with Crippen LogP contribution in [0.1, 0.15) is 48.4 Å². The Labute approximate surface area is 181 Å². The van der Waals surface area contributed by atoms with Crippen LogP contribution in [0.5, 0.6) is 0 Å². The van der Waals surface area contributed by atoms with Crippen LogP contribution < -0.4 is 0 Å². The summed E-state index contributed by atoms with van der Waals surface area (Å²) in [7, 11) is 3.92. The largest absolute Gasteiger partial charge is 0.416 e. The molecule has 29 heavy (non-hydrogen) atoms. The summed E-state index contributed by atoms with van der Waals surface area (Å²) in [6.07, 6.45) is -1.24. The second-order valence-corrected chi connectivity index (χ2v) is 8.25. The Kier molecular flexibility index (Phi) is 7.66. The van der Waals surface area contributed by atoms with Gasteiger partial charge in [0.05, 0.1) is 11.2 Å². The minimum atomic E-state index is -4.39. The molecule has 7 heteroatoms. The summed E-state index contributed by atoms with van der Waals surface area (Å²) in [5, 5.41) is 12.3. The van der Waals surface area contributed by atoms with Crippen molar-refractivity contribution in [2.24, 2.45) is 5.92 Å². The zero-order valence-electron chi connectivity index (χ0n) is 16.4. The van der Waals surface area contributed by atoms with Crippen LogP contribution in [0.2, 0.25) is 5.02 Å². The molecule has 2 aromatic carbocycles. The molecule has 0 bridgehead atoms. The smallest absolute Gasteiger partial charge is 0.385 e. The van der Waals surface area contributed by atoms with E-state index in [1.54, 1.807) is 0 Å². The lowest BCUT2D eigenvalue weighted by molar-refractivity contribution is -0.137. The van der Waals surface area contributed by atoms with E-state index < -0.39 is 17.3 Å². The van der Waals surface area contributed by atoms with Crippen LogP contribution in [0, 0.1) is 5.92 Å². The molecule has 0 radical (unpaired) electrons. The highest BCUT2D eigenvalue weighted by molar-refractivity contribution is 6.30. The summed E-state index contributed by atoms with van der Waals surface area (Å²) < 4.78 is 38.8. The molecule has 0 heterocycles. The van der Waals surface area contributed by atoms with Gasteiger partial charge in [0.1, 0.15) is 0 Å². The fourth-order valence-electron chi connectivity index (χ4n) is 4.46. The lowest BCUT2D eigenvalue weighted by Crippen LogP contribution is -2.45. The van der Waals surface area contributed by atoms with Gasteiger partial charge < -0.3 is 10.0 Å². The van der Waals surface area contributed by atoms with Crippen LogP contribution >= 0.6 is 24.0 Å². The first-order valence-electron chi connectivity index (χ1n) is 9.45. The summed E-state index contributed by atoms with van der Waals surface area (Å²) in [6, 6.07) is 12.5. The summed E-state index contributed by atoms with van der Waals surface area (Å²) >= 11 is 6.03. The van der Waals surface area contributed by atoms with E-state index in [0.717, 1.165) is 37.0 Å². The molecule has 1 saturated carbocycles. The Morgan fingerprint density at radius 1 is 1.03 bits per heavy atom. The molecule has 0 spiro atoms. The van der Waals surface area contributed by atoms with Crippen molar-refractivity contribution in [1.29, 1.82) is 0 Å². The molecule has 0 aliphatic heterocycles. The lowest BCUT2D eigenvalue weighted by Gasteiger charge is -2.46. The van der Waals surface area contributed by atoms with Crippen molar-refractivity contribution in [3.05, 3.63) is 70.2 Å². The molecule has 160 valence electrons. The monoisotopic (exact) mass is 447 g/mol. The predicted molar refractivity (Wildman–Crippen MR) is 112 cm³/mol. The van der Waals surface area contributed by atoms with E-state index in [9.17, 15) is 18.3 Å². The van der Waals surface area contributed by atoms with Gasteiger partial charge in [-0.1, -0.05) is 48.7 Å². The Bertz CT molecular complexity index is 793. The first-order chi connectivity index (χ1) is 13.1. The van der Waals surface area contributed by atoms with Crippen molar-refractivity contribution in [3.63, 3.8) is 0 Å². The number of nitrogens with zero attached hydrogens (tertiary/aromatic N) is 1. The molecule has 0 amide bonds. The van der Waals surface area contributed by atoms with Gasteiger partial charge >= 0.3 is 6.18 Å². The van der Waals surface area contributed by atoms with E-state index in [-0.39, 0.29) is 24.4 Å².